The predicted octanol–water partition coefficient (Wildman–Crippen LogP) is 3.01. The number of hydrogen-bond acceptors (Lipinski definition) is 2. The molecule has 0 amide bonds. The van der Waals surface area contributed by atoms with Crippen LogP contribution in [0.3, 0.4) is 0 Å². The Morgan fingerprint density at radius 1 is 1.13 bits per heavy atom. The average molecular weight is 211 g/mol. The average Bonchev–Trinajstić information content (AvgIpc) is 2.43. The molecule has 0 unspecified atom stereocenters. The summed E-state index contributed by atoms with van der Waals surface area (Å²) in [5.41, 5.74) is -0.132. The Labute approximate surface area is 94.0 Å². The third-order valence-electron chi connectivity index (χ3n) is 3.78. The lowest BCUT2D eigenvalue weighted by atomic mass is 9.82. The number of likely N-dealkylation sites (N-methyl/N-ethyl adjacent to an activating group) is 1. The fourth-order valence-electron chi connectivity index (χ4n) is 2.75. The van der Waals surface area contributed by atoms with Crippen LogP contribution >= 0.6 is 0 Å². The minimum Gasteiger partial charge on any atom is -0.298 e. The monoisotopic (exact) mass is 211 g/mol. The summed E-state index contributed by atoms with van der Waals surface area (Å²) >= 11 is 0. The lowest BCUT2D eigenvalue weighted by Crippen LogP contribution is -2.50. The van der Waals surface area contributed by atoms with E-state index in [-0.39, 0.29) is 5.54 Å². The van der Waals surface area contributed by atoms with Crippen molar-refractivity contribution in [3.8, 4) is 0 Å². The second kappa shape index (κ2) is 5.64. The van der Waals surface area contributed by atoms with Gasteiger partial charge in [0.2, 0.25) is 0 Å². The number of Topliss-reactive ketones (excluding diaryl/α,β-unsaturated/α-hetero) is 1. The van der Waals surface area contributed by atoms with Gasteiger partial charge in [-0.05, 0) is 33.4 Å². The minimum absolute atomic E-state index is 0.132. The summed E-state index contributed by atoms with van der Waals surface area (Å²) in [4.78, 5) is 14.4. The Morgan fingerprint density at radius 2 is 1.67 bits per heavy atom. The molecule has 0 spiro atoms. The van der Waals surface area contributed by atoms with E-state index in [1.165, 1.54) is 25.7 Å². The molecule has 0 heterocycles. The SMILES string of the molecule is CCCC(=O)C1(N(C)C)CCCCCC1. The van der Waals surface area contributed by atoms with Gasteiger partial charge in [-0.15, -0.1) is 0 Å². The van der Waals surface area contributed by atoms with Gasteiger partial charge in [0.1, 0.15) is 0 Å². The van der Waals surface area contributed by atoms with E-state index in [0.29, 0.717) is 5.78 Å². The van der Waals surface area contributed by atoms with Crippen molar-refractivity contribution >= 4 is 5.78 Å². The summed E-state index contributed by atoms with van der Waals surface area (Å²) in [7, 11) is 4.14. The van der Waals surface area contributed by atoms with Crippen LogP contribution in [0.1, 0.15) is 58.3 Å². The van der Waals surface area contributed by atoms with Gasteiger partial charge in [-0.25, -0.2) is 0 Å². The summed E-state index contributed by atoms with van der Waals surface area (Å²) in [6.07, 6.45) is 8.90. The minimum atomic E-state index is -0.132. The summed E-state index contributed by atoms with van der Waals surface area (Å²) in [5.74, 6) is 0.469. The normalized spacial score (nSPS) is 21.3. The van der Waals surface area contributed by atoms with Crippen LogP contribution in [0, 0.1) is 0 Å². The van der Waals surface area contributed by atoms with Crippen molar-refractivity contribution in [3.63, 3.8) is 0 Å². The smallest absolute Gasteiger partial charge is 0.153 e. The molecule has 0 N–H and O–H groups in total. The van der Waals surface area contributed by atoms with Crippen molar-refractivity contribution < 1.29 is 4.79 Å². The Morgan fingerprint density at radius 3 is 2.07 bits per heavy atom. The molecule has 0 aromatic carbocycles. The number of carbonyl (C=O) groups excluding carboxylic acids is 1. The molecule has 1 aliphatic carbocycles. The van der Waals surface area contributed by atoms with E-state index >= 15 is 0 Å². The Bertz CT molecular complexity index is 203. The van der Waals surface area contributed by atoms with Gasteiger partial charge in [0.15, 0.2) is 5.78 Å². The maximum Gasteiger partial charge on any atom is 0.153 e. The number of nitrogens with zero attached hydrogens (tertiary/aromatic N) is 1. The van der Waals surface area contributed by atoms with Crippen LogP contribution in [0.5, 0.6) is 0 Å². The molecule has 88 valence electrons. The third-order valence-corrected chi connectivity index (χ3v) is 3.78. The summed E-state index contributed by atoms with van der Waals surface area (Å²) in [5, 5.41) is 0. The third kappa shape index (κ3) is 2.81. The molecule has 0 radical (unpaired) electrons. The quantitative estimate of drug-likeness (QED) is 0.666. The summed E-state index contributed by atoms with van der Waals surface area (Å²) in [6, 6.07) is 0. The van der Waals surface area contributed by atoms with Crippen LogP contribution in [-0.4, -0.2) is 30.3 Å². The van der Waals surface area contributed by atoms with Gasteiger partial charge in [0.25, 0.3) is 0 Å². The number of rotatable bonds is 4. The molecular formula is C13H25NO. The van der Waals surface area contributed by atoms with Crippen LogP contribution in [-0.2, 0) is 4.79 Å². The standard InChI is InChI=1S/C13H25NO/c1-4-9-12(15)13(14(2)3)10-7-5-6-8-11-13/h4-11H2,1-3H3. The van der Waals surface area contributed by atoms with E-state index in [9.17, 15) is 4.79 Å². The van der Waals surface area contributed by atoms with Crippen molar-refractivity contribution in [3.05, 3.63) is 0 Å². The van der Waals surface area contributed by atoms with E-state index in [0.717, 1.165) is 25.7 Å². The first-order valence-electron chi connectivity index (χ1n) is 6.34. The number of carbonyl (C=O) groups is 1. The van der Waals surface area contributed by atoms with E-state index < -0.39 is 0 Å². The molecular weight excluding hydrogens is 186 g/mol. The van der Waals surface area contributed by atoms with Crippen LogP contribution in [0.2, 0.25) is 0 Å². The zero-order valence-electron chi connectivity index (χ0n) is 10.5. The lowest BCUT2D eigenvalue weighted by molar-refractivity contribution is -0.130. The first kappa shape index (κ1) is 12.7. The molecule has 0 aromatic heterocycles. The van der Waals surface area contributed by atoms with Crippen molar-refractivity contribution in [2.24, 2.45) is 0 Å². The Kier molecular flexibility index (Phi) is 4.78. The van der Waals surface area contributed by atoms with E-state index in [2.05, 4.69) is 25.9 Å². The van der Waals surface area contributed by atoms with Gasteiger partial charge in [-0.1, -0.05) is 32.6 Å². The zero-order valence-corrected chi connectivity index (χ0v) is 10.5. The van der Waals surface area contributed by atoms with Crippen LogP contribution in [0.4, 0.5) is 0 Å². The largest absolute Gasteiger partial charge is 0.298 e. The van der Waals surface area contributed by atoms with E-state index in [1.54, 1.807) is 0 Å². The van der Waals surface area contributed by atoms with Crippen LogP contribution in [0.15, 0.2) is 0 Å². The second-order valence-corrected chi connectivity index (χ2v) is 5.01. The molecule has 2 nitrogen and oxygen atoms in total. The zero-order chi connectivity index (χ0) is 11.3. The molecule has 1 rings (SSSR count). The van der Waals surface area contributed by atoms with E-state index in [1.807, 2.05) is 0 Å². The molecule has 0 saturated heterocycles. The molecule has 2 heteroatoms. The lowest BCUT2D eigenvalue weighted by Gasteiger charge is -2.38. The topological polar surface area (TPSA) is 20.3 Å². The maximum absolute atomic E-state index is 12.3. The van der Waals surface area contributed by atoms with Crippen molar-refractivity contribution in [1.82, 2.24) is 4.90 Å². The Balaban J connectivity index is 2.79. The van der Waals surface area contributed by atoms with Gasteiger partial charge >= 0.3 is 0 Å². The van der Waals surface area contributed by atoms with Gasteiger partial charge in [0.05, 0.1) is 5.54 Å². The van der Waals surface area contributed by atoms with E-state index in [4.69, 9.17) is 0 Å². The van der Waals surface area contributed by atoms with Crippen molar-refractivity contribution in [1.29, 1.82) is 0 Å². The molecule has 1 saturated carbocycles. The highest BCUT2D eigenvalue weighted by atomic mass is 16.1. The molecule has 1 aliphatic rings. The van der Waals surface area contributed by atoms with Gasteiger partial charge in [-0.2, -0.15) is 0 Å². The first-order chi connectivity index (χ1) is 7.13. The van der Waals surface area contributed by atoms with Gasteiger partial charge in [-0.3, -0.25) is 9.69 Å². The fraction of sp³-hybridized carbons (Fsp3) is 0.923. The number of hydrogen-bond donors (Lipinski definition) is 0. The molecule has 15 heavy (non-hydrogen) atoms. The van der Waals surface area contributed by atoms with Crippen LogP contribution < -0.4 is 0 Å². The van der Waals surface area contributed by atoms with Crippen molar-refractivity contribution in [2.45, 2.75) is 63.8 Å². The van der Waals surface area contributed by atoms with Crippen molar-refractivity contribution in [2.75, 3.05) is 14.1 Å². The second-order valence-electron chi connectivity index (χ2n) is 5.01. The Hall–Kier alpha value is -0.370. The van der Waals surface area contributed by atoms with Gasteiger partial charge in [0, 0.05) is 6.42 Å². The summed E-state index contributed by atoms with van der Waals surface area (Å²) < 4.78 is 0. The molecule has 0 bridgehead atoms. The highest BCUT2D eigenvalue weighted by Gasteiger charge is 2.39. The maximum atomic E-state index is 12.3. The number of ketones is 1. The molecule has 0 aromatic rings. The highest BCUT2D eigenvalue weighted by Crippen LogP contribution is 2.33. The fourth-order valence-corrected chi connectivity index (χ4v) is 2.75. The predicted molar refractivity (Wildman–Crippen MR) is 64.0 cm³/mol. The molecule has 0 aliphatic heterocycles. The highest BCUT2D eigenvalue weighted by molar-refractivity contribution is 5.88. The molecule has 0 atom stereocenters. The first-order valence-corrected chi connectivity index (χ1v) is 6.34. The molecule has 1 fully saturated rings. The van der Waals surface area contributed by atoms with Gasteiger partial charge < -0.3 is 0 Å². The van der Waals surface area contributed by atoms with Crippen LogP contribution in [0.25, 0.3) is 0 Å². The summed E-state index contributed by atoms with van der Waals surface area (Å²) in [6.45, 7) is 2.10.